The fraction of sp³-hybridized carbons (Fsp3) is 0.533. The maximum absolute atomic E-state index is 11.7. The minimum Gasteiger partial charge on any atom is -0.410 e. The van der Waals surface area contributed by atoms with Crippen molar-refractivity contribution in [3.05, 3.63) is 29.3 Å². The van der Waals surface area contributed by atoms with Crippen molar-refractivity contribution in [2.24, 2.45) is 0 Å². The fourth-order valence-electron chi connectivity index (χ4n) is 1.94. The Hall–Kier alpha value is -1.55. The van der Waals surface area contributed by atoms with Crippen LogP contribution < -0.4 is 10.1 Å². The van der Waals surface area contributed by atoms with E-state index in [1.807, 2.05) is 32.0 Å². The Morgan fingerprint density at radius 2 is 1.79 bits per heavy atom. The summed E-state index contributed by atoms with van der Waals surface area (Å²) in [5.74, 6) is 0.655. The molecule has 106 valence electrons. The summed E-state index contributed by atoms with van der Waals surface area (Å²) in [5, 5.41) is 2.78. The van der Waals surface area contributed by atoms with Crippen molar-refractivity contribution in [2.75, 3.05) is 26.2 Å². The highest BCUT2D eigenvalue weighted by Crippen LogP contribution is 2.22. The zero-order chi connectivity index (χ0) is 14.3. The molecule has 0 aliphatic heterocycles. The second-order valence-corrected chi connectivity index (χ2v) is 4.56. The summed E-state index contributed by atoms with van der Waals surface area (Å²) in [4.78, 5) is 14.0. The van der Waals surface area contributed by atoms with E-state index in [1.165, 1.54) is 0 Å². The highest BCUT2D eigenvalue weighted by atomic mass is 16.6. The molecule has 0 heterocycles. The van der Waals surface area contributed by atoms with Crippen molar-refractivity contribution in [3.8, 4) is 5.75 Å². The molecule has 1 rings (SSSR count). The quantitative estimate of drug-likeness (QED) is 0.859. The Balaban J connectivity index is 2.43. The van der Waals surface area contributed by atoms with E-state index < -0.39 is 0 Å². The minimum absolute atomic E-state index is 0.385. The summed E-state index contributed by atoms with van der Waals surface area (Å²) in [6.45, 7) is 11.5. The second kappa shape index (κ2) is 7.79. The molecule has 0 saturated carbocycles. The lowest BCUT2D eigenvalue weighted by Crippen LogP contribution is -2.36. The third-order valence-electron chi connectivity index (χ3n) is 3.20. The van der Waals surface area contributed by atoms with Gasteiger partial charge in [0, 0.05) is 13.1 Å². The number of nitrogens with zero attached hydrogens (tertiary/aromatic N) is 1. The van der Waals surface area contributed by atoms with Crippen molar-refractivity contribution < 1.29 is 9.53 Å². The van der Waals surface area contributed by atoms with Gasteiger partial charge in [0.25, 0.3) is 0 Å². The Labute approximate surface area is 115 Å². The van der Waals surface area contributed by atoms with Crippen molar-refractivity contribution >= 4 is 6.09 Å². The summed E-state index contributed by atoms with van der Waals surface area (Å²) in [6, 6.07) is 5.83. The van der Waals surface area contributed by atoms with Gasteiger partial charge in [-0.15, -0.1) is 0 Å². The van der Waals surface area contributed by atoms with Crippen LogP contribution in [0.4, 0.5) is 4.79 Å². The number of hydrogen-bond acceptors (Lipinski definition) is 3. The Bertz CT molecular complexity index is 394. The monoisotopic (exact) mass is 264 g/mol. The number of carbonyl (C=O) groups excluding carboxylic acids is 1. The highest BCUT2D eigenvalue weighted by molar-refractivity contribution is 5.71. The maximum atomic E-state index is 11.7. The van der Waals surface area contributed by atoms with Crippen molar-refractivity contribution in [3.63, 3.8) is 0 Å². The summed E-state index contributed by atoms with van der Waals surface area (Å²) in [6.07, 6.45) is -0.385. The number of amides is 1. The third kappa shape index (κ3) is 4.91. The van der Waals surface area contributed by atoms with Gasteiger partial charge in [0.1, 0.15) is 5.75 Å². The van der Waals surface area contributed by atoms with E-state index in [0.29, 0.717) is 12.3 Å². The SMILES string of the molecule is CCN(CC)CCNC(=O)Oc1c(C)cccc1C. The van der Waals surface area contributed by atoms with Gasteiger partial charge in [0.2, 0.25) is 0 Å². The first-order valence-electron chi connectivity index (χ1n) is 6.82. The molecule has 1 aromatic rings. The number of nitrogens with one attached hydrogen (secondary N) is 1. The molecule has 1 amide bonds. The lowest BCUT2D eigenvalue weighted by molar-refractivity contribution is 0.197. The van der Waals surface area contributed by atoms with E-state index in [0.717, 1.165) is 30.8 Å². The molecule has 0 aliphatic rings. The van der Waals surface area contributed by atoms with E-state index in [1.54, 1.807) is 0 Å². The van der Waals surface area contributed by atoms with E-state index in [4.69, 9.17) is 4.74 Å². The summed E-state index contributed by atoms with van der Waals surface area (Å²) < 4.78 is 5.36. The normalized spacial score (nSPS) is 10.6. The van der Waals surface area contributed by atoms with Crippen LogP contribution in [0.5, 0.6) is 5.75 Å². The van der Waals surface area contributed by atoms with E-state index in [-0.39, 0.29) is 6.09 Å². The average molecular weight is 264 g/mol. The van der Waals surface area contributed by atoms with Gasteiger partial charge in [-0.2, -0.15) is 0 Å². The van der Waals surface area contributed by atoms with Gasteiger partial charge < -0.3 is 15.0 Å². The summed E-state index contributed by atoms with van der Waals surface area (Å²) >= 11 is 0. The number of carbonyl (C=O) groups is 1. The predicted molar refractivity (Wildman–Crippen MR) is 77.7 cm³/mol. The topological polar surface area (TPSA) is 41.6 Å². The average Bonchev–Trinajstić information content (AvgIpc) is 2.39. The lowest BCUT2D eigenvalue weighted by atomic mass is 10.1. The lowest BCUT2D eigenvalue weighted by Gasteiger charge is -2.18. The summed E-state index contributed by atoms with van der Waals surface area (Å²) in [7, 11) is 0. The molecule has 0 bridgehead atoms. The molecule has 4 heteroatoms. The molecule has 1 aromatic carbocycles. The van der Waals surface area contributed by atoms with Gasteiger partial charge in [0.05, 0.1) is 0 Å². The van der Waals surface area contributed by atoms with Gasteiger partial charge in [-0.25, -0.2) is 4.79 Å². The van der Waals surface area contributed by atoms with Gasteiger partial charge in [-0.05, 0) is 38.1 Å². The minimum atomic E-state index is -0.385. The Kier molecular flexibility index (Phi) is 6.36. The van der Waals surface area contributed by atoms with Crippen molar-refractivity contribution in [1.82, 2.24) is 10.2 Å². The third-order valence-corrected chi connectivity index (χ3v) is 3.20. The van der Waals surface area contributed by atoms with Crippen LogP contribution in [-0.4, -0.2) is 37.2 Å². The van der Waals surface area contributed by atoms with Crippen LogP contribution in [0.1, 0.15) is 25.0 Å². The smallest absolute Gasteiger partial charge is 0.410 e. The molecule has 0 spiro atoms. The zero-order valence-corrected chi connectivity index (χ0v) is 12.3. The predicted octanol–water partition coefficient (Wildman–Crippen LogP) is 2.73. The number of ether oxygens (including phenoxy) is 1. The van der Waals surface area contributed by atoms with Crippen LogP contribution in [0, 0.1) is 13.8 Å². The van der Waals surface area contributed by atoms with Crippen LogP contribution in [0.15, 0.2) is 18.2 Å². The second-order valence-electron chi connectivity index (χ2n) is 4.56. The van der Waals surface area contributed by atoms with Crippen LogP contribution in [0.3, 0.4) is 0 Å². The number of likely N-dealkylation sites (N-methyl/N-ethyl adjacent to an activating group) is 1. The number of aryl methyl sites for hydroxylation is 2. The molecule has 0 radical (unpaired) electrons. The van der Waals surface area contributed by atoms with Crippen LogP contribution >= 0.6 is 0 Å². The van der Waals surface area contributed by atoms with E-state index >= 15 is 0 Å². The van der Waals surface area contributed by atoms with Crippen LogP contribution in [-0.2, 0) is 0 Å². The first-order valence-corrected chi connectivity index (χ1v) is 6.82. The number of para-hydroxylation sites is 1. The largest absolute Gasteiger partial charge is 0.412 e. The van der Waals surface area contributed by atoms with Crippen molar-refractivity contribution in [2.45, 2.75) is 27.7 Å². The molecule has 19 heavy (non-hydrogen) atoms. The highest BCUT2D eigenvalue weighted by Gasteiger charge is 2.09. The first-order chi connectivity index (χ1) is 9.08. The van der Waals surface area contributed by atoms with Gasteiger partial charge in [-0.3, -0.25) is 0 Å². The van der Waals surface area contributed by atoms with E-state index in [2.05, 4.69) is 24.1 Å². The Morgan fingerprint density at radius 3 is 2.32 bits per heavy atom. The zero-order valence-electron chi connectivity index (χ0n) is 12.3. The fourth-order valence-corrected chi connectivity index (χ4v) is 1.94. The molecule has 1 N–H and O–H groups in total. The van der Waals surface area contributed by atoms with Crippen molar-refractivity contribution in [1.29, 1.82) is 0 Å². The van der Waals surface area contributed by atoms with Gasteiger partial charge >= 0.3 is 6.09 Å². The van der Waals surface area contributed by atoms with Crippen LogP contribution in [0.25, 0.3) is 0 Å². The first kappa shape index (κ1) is 15.5. The number of benzene rings is 1. The molecule has 0 saturated heterocycles. The Morgan fingerprint density at radius 1 is 1.21 bits per heavy atom. The van der Waals surface area contributed by atoms with Gasteiger partial charge in [0.15, 0.2) is 0 Å². The molecular weight excluding hydrogens is 240 g/mol. The molecule has 0 unspecified atom stereocenters. The molecule has 0 aliphatic carbocycles. The number of rotatable bonds is 6. The molecule has 0 aromatic heterocycles. The standard InChI is InChI=1S/C15H24N2O2/c1-5-17(6-2)11-10-16-15(18)19-14-12(3)8-7-9-13(14)4/h7-9H,5-6,10-11H2,1-4H3,(H,16,18). The summed E-state index contributed by atoms with van der Waals surface area (Å²) in [5.41, 5.74) is 1.94. The molecular formula is C15H24N2O2. The maximum Gasteiger partial charge on any atom is 0.412 e. The molecule has 0 atom stereocenters. The van der Waals surface area contributed by atoms with E-state index in [9.17, 15) is 4.79 Å². The number of hydrogen-bond donors (Lipinski definition) is 1. The van der Waals surface area contributed by atoms with Crippen LogP contribution in [0.2, 0.25) is 0 Å². The molecule has 4 nitrogen and oxygen atoms in total. The van der Waals surface area contributed by atoms with Gasteiger partial charge in [-0.1, -0.05) is 32.0 Å². The molecule has 0 fully saturated rings.